The number of carbonyl (C=O) groups is 1. The molecular weight excluding hydrogens is 276 g/mol. The highest BCUT2D eigenvalue weighted by Crippen LogP contribution is 2.27. The number of nitrogens with two attached hydrogens (primary N) is 1. The van der Waals surface area contributed by atoms with Gasteiger partial charge in [-0.3, -0.25) is 4.79 Å². The van der Waals surface area contributed by atoms with Crippen LogP contribution in [-0.4, -0.2) is 21.7 Å². The maximum absolute atomic E-state index is 12.3. The Hall–Kier alpha value is -2.14. The van der Waals surface area contributed by atoms with Gasteiger partial charge < -0.3 is 11.1 Å². The summed E-state index contributed by atoms with van der Waals surface area (Å²) in [7, 11) is 0. The van der Waals surface area contributed by atoms with Crippen LogP contribution in [0.1, 0.15) is 31.4 Å². The molecule has 0 bridgehead atoms. The fourth-order valence-electron chi connectivity index (χ4n) is 3.09. The smallest absolute Gasteiger partial charge is 0.224 e. The number of aromatic nitrogens is 2. The number of hydrogen-bond acceptors (Lipinski definition) is 3. The van der Waals surface area contributed by atoms with E-state index in [1.54, 1.807) is 4.68 Å². The molecule has 116 valence electrons. The Morgan fingerprint density at radius 2 is 2.18 bits per heavy atom. The Bertz CT molecular complexity index is 664. The highest BCUT2D eigenvalue weighted by molar-refractivity contribution is 5.93. The van der Waals surface area contributed by atoms with Crippen LogP contribution in [0.15, 0.2) is 36.5 Å². The fraction of sp³-hybridized carbons (Fsp3) is 0.412. The van der Waals surface area contributed by atoms with E-state index in [9.17, 15) is 4.79 Å². The van der Waals surface area contributed by atoms with Crippen LogP contribution >= 0.6 is 0 Å². The van der Waals surface area contributed by atoms with Crippen molar-refractivity contribution in [1.82, 2.24) is 9.78 Å². The molecule has 1 heterocycles. The van der Waals surface area contributed by atoms with Crippen molar-refractivity contribution in [2.24, 2.45) is 11.7 Å². The van der Waals surface area contributed by atoms with E-state index in [4.69, 9.17) is 5.73 Å². The summed E-state index contributed by atoms with van der Waals surface area (Å²) in [4.78, 5) is 12.3. The Labute approximate surface area is 130 Å². The zero-order valence-corrected chi connectivity index (χ0v) is 12.8. The maximum atomic E-state index is 12.3. The molecular formula is C17H22N4O. The summed E-state index contributed by atoms with van der Waals surface area (Å²) in [5, 5.41) is 7.42. The van der Waals surface area contributed by atoms with E-state index in [0.717, 1.165) is 36.3 Å². The van der Waals surface area contributed by atoms with Crippen LogP contribution in [0, 0.1) is 12.8 Å². The quantitative estimate of drug-likeness (QED) is 0.911. The molecule has 3 N–H and O–H groups in total. The first kappa shape index (κ1) is 14.8. The molecule has 22 heavy (non-hydrogen) atoms. The molecule has 3 rings (SSSR count). The SMILES string of the molecule is Cc1ccn(-c2ccccc2NC(=O)C[C@@H]2CCC[C@H]2N)n1. The van der Waals surface area contributed by atoms with Crippen LogP contribution in [0.25, 0.3) is 5.69 Å². The number of carbonyl (C=O) groups excluding carboxylic acids is 1. The molecule has 1 amide bonds. The van der Waals surface area contributed by atoms with E-state index in [1.807, 2.05) is 43.5 Å². The number of nitrogens with zero attached hydrogens (tertiary/aromatic N) is 2. The third-order valence-electron chi connectivity index (χ3n) is 4.31. The van der Waals surface area contributed by atoms with E-state index < -0.39 is 0 Å². The molecule has 0 radical (unpaired) electrons. The van der Waals surface area contributed by atoms with Gasteiger partial charge >= 0.3 is 0 Å². The zero-order chi connectivity index (χ0) is 15.5. The fourth-order valence-corrected chi connectivity index (χ4v) is 3.09. The number of hydrogen-bond donors (Lipinski definition) is 2. The van der Waals surface area contributed by atoms with Crippen molar-refractivity contribution in [2.75, 3.05) is 5.32 Å². The minimum Gasteiger partial charge on any atom is -0.327 e. The first-order valence-corrected chi connectivity index (χ1v) is 7.80. The lowest BCUT2D eigenvalue weighted by Gasteiger charge is -2.16. The van der Waals surface area contributed by atoms with Gasteiger partial charge in [-0.25, -0.2) is 4.68 Å². The number of nitrogens with one attached hydrogen (secondary N) is 1. The molecule has 5 heteroatoms. The third-order valence-corrected chi connectivity index (χ3v) is 4.31. The van der Waals surface area contributed by atoms with Crippen molar-refractivity contribution in [1.29, 1.82) is 0 Å². The monoisotopic (exact) mass is 298 g/mol. The average molecular weight is 298 g/mol. The van der Waals surface area contributed by atoms with Gasteiger partial charge in [0.05, 0.1) is 17.1 Å². The van der Waals surface area contributed by atoms with Gasteiger partial charge in [0.1, 0.15) is 0 Å². The molecule has 1 fully saturated rings. The lowest BCUT2D eigenvalue weighted by atomic mass is 10.00. The van der Waals surface area contributed by atoms with E-state index in [1.165, 1.54) is 0 Å². The lowest BCUT2D eigenvalue weighted by molar-refractivity contribution is -0.117. The van der Waals surface area contributed by atoms with Crippen molar-refractivity contribution >= 4 is 11.6 Å². The number of aryl methyl sites for hydroxylation is 1. The molecule has 2 atom stereocenters. The topological polar surface area (TPSA) is 72.9 Å². The van der Waals surface area contributed by atoms with Crippen LogP contribution < -0.4 is 11.1 Å². The average Bonchev–Trinajstić information content (AvgIpc) is 3.09. The molecule has 2 aromatic rings. The number of benzene rings is 1. The molecule has 1 aliphatic carbocycles. The summed E-state index contributed by atoms with van der Waals surface area (Å²) >= 11 is 0. The molecule has 1 aromatic heterocycles. The highest BCUT2D eigenvalue weighted by atomic mass is 16.1. The largest absolute Gasteiger partial charge is 0.327 e. The minimum absolute atomic E-state index is 0.0266. The van der Waals surface area contributed by atoms with Gasteiger partial charge in [0.2, 0.25) is 5.91 Å². The number of rotatable bonds is 4. The van der Waals surface area contributed by atoms with E-state index in [-0.39, 0.29) is 11.9 Å². The zero-order valence-electron chi connectivity index (χ0n) is 12.8. The van der Waals surface area contributed by atoms with Gasteiger partial charge in [-0.2, -0.15) is 5.10 Å². The summed E-state index contributed by atoms with van der Waals surface area (Å²) in [5.41, 5.74) is 8.65. The van der Waals surface area contributed by atoms with Crippen molar-refractivity contribution in [3.05, 3.63) is 42.2 Å². The van der Waals surface area contributed by atoms with Gasteiger partial charge in [-0.1, -0.05) is 18.6 Å². The Morgan fingerprint density at radius 1 is 1.36 bits per heavy atom. The molecule has 1 aromatic carbocycles. The maximum Gasteiger partial charge on any atom is 0.224 e. The van der Waals surface area contributed by atoms with Gasteiger partial charge in [0, 0.05) is 18.7 Å². The standard InChI is InChI=1S/C17H22N4O/c1-12-9-10-21(20-12)16-8-3-2-7-15(16)19-17(22)11-13-5-4-6-14(13)18/h2-3,7-10,13-14H,4-6,11,18H2,1H3,(H,19,22)/t13-,14+/m0/s1. The first-order chi connectivity index (χ1) is 10.6. The molecule has 5 nitrogen and oxygen atoms in total. The van der Waals surface area contributed by atoms with E-state index in [0.29, 0.717) is 12.3 Å². The Kier molecular flexibility index (Phi) is 4.24. The molecule has 0 aliphatic heterocycles. The van der Waals surface area contributed by atoms with Gasteiger partial charge in [0.15, 0.2) is 0 Å². The van der Waals surface area contributed by atoms with Crippen molar-refractivity contribution < 1.29 is 4.79 Å². The number of anilines is 1. The second-order valence-corrected chi connectivity index (χ2v) is 6.03. The summed E-state index contributed by atoms with van der Waals surface area (Å²) in [6, 6.07) is 9.80. The van der Waals surface area contributed by atoms with Crippen LogP contribution in [-0.2, 0) is 4.79 Å². The molecule has 0 spiro atoms. The summed E-state index contributed by atoms with van der Waals surface area (Å²) < 4.78 is 1.78. The van der Waals surface area contributed by atoms with Crippen molar-refractivity contribution in [2.45, 2.75) is 38.6 Å². The molecule has 1 saturated carbocycles. The van der Waals surface area contributed by atoms with Crippen LogP contribution in [0.3, 0.4) is 0 Å². The second kappa shape index (κ2) is 6.32. The Morgan fingerprint density at radius 3 is 2.86 bits per heavy atom. The predicted molar refractivity (Wildman–Crippen MR) is 86.9 cm³/mol. The highest BCUT2D eigenvalue weighted by Gasteiger charge is 2.26. The van der Waals surface area contributed by atoms with E-state index in [2.05, 4.69) is 10.4 Å². The summed E-state index contributed by atoms with van der Waals surface area (Å²) in [6.07, 6.45) is 5.60. The number of amides is 1. The normalized spacial score (nSPS) is 21.0. The van der Waals surface area contributed by atoms with Crippen molar-refractivity contribution in [3.63, 3.8) is 0 Å². The Balaban J connectivity index is 1.73. The van der Waals surface area contributed by atoms with Gasteiger partial charge in [0.25, 0.3) is 0 Å². The molecule has 0 saturated heterocycles. The van der Waals surface area contributed by atoms with Gasteiger partial charge in [-0.15, -0.1) is 0 Å². The predicted octanol–water partition coefficient (Wildman–Crippen LogP) is 2.64. The van der Waals surface area contributed by atoms with Crippen LogP contribution in [0.5, 0.6) is 0 Å². The van der Waals surface area contributed by atoms with Crippen LogP contribution in [0.2, 0.25) is 0 Å². The summed E-state index contributed by atoms with van der Waals surface area (Å²) in [6.45, 7) is 1.94. The second-order valence-electron chi connectivity index (χ2n) is 6.03. The third kappa shape index (κ3) is 3.20. The molecule has 0 unspecified atom stereocenters. The van der Waals surface area contributed by atoms with Crippen LogP contribution in [0.4, 0.5) is 5.69 Å². The minimum atomic E-state index is 0.0266. The van der Waals surface area contributed by atoms with E-state index >= 15 is 0 Å². The van der Waals surface area contributed by atoms with Gasteiger partial charge in [-0.05, 0) is 43.9 Å². The number of para-hydroxylation sites is 2. The molecule has 1 aliphatic rings. The first-order valence-electron chi connectivity index (χ1n) is 7.80. The van der Waals surface area contributed by atoms with Crippen molar-refractivity contribution in [3.8, 4) is 5.69 Å². The summed E-state index contributed by atoms with van der Waals surface area (Å²) in [5.74, 6) is 0.331. The lowest BCUT2D eigenvalue weighted by Crippen LogP contribution is -2.28.